The highest BCUT2D eigenvalue weighted by atomic mass is 79.9. The topological polar surface area (TPSA) is 17.1 Å². The number of hydrogen-bond donors (Lipinski definition) is 0. The summed E-state index contributed by atoms with van der Waals surface area (Å²) in [4.78, 5) is 10.7. The second-order valence-electron chi connectivity index (χ2n) is 2.80. The van der Waals surface area contributed by atoms with Crippen molar-refractivity contribution in [3.63, 3.8) is 0 Å². The predicted octanol–water partition coefficient (Wildman–Crippen LogP) is 3.41. The first-order valence-corrected chi connectivity index (χ1v) is 4.74. The lowest BCUT2D eigenvalue weighted by atomic mass is 10.1. The minimum Gasteiger partial charge on any atom is -0.298 e. The van der Waals surface area contributed by atoms with Crippen LogP contribution in [0, 0.1) is 0 Å². The van der Waals surface area contributed by atoms with Crippen molar-refractivity contribution in [3.05, 3.63) is 46.4 Å². The fourth-order valence-corrected chi connectivity index (χ4v) is 1.90. The van der Waals surface area contributed by atoms with Crippen LogP contribution in [0.2, 0.25) is 0 Å². The van der Waals surface area contributed by atoms with Gasteiger partial charge in [-0.1, -0.05) is 46.3 Å². The molecule has 0 aliphatic carbocycles. The smallest absolute Gasteiger partial charge is 0.150 e. The Morgan fingerprint density at radius 2 is 1.69 bits per heavy atom. The lowest BCUT2D eigenvalue weighted by molar-refractivity contribution is 0.112. The fraction of sp³-hybridized carbons (Fsp3) is 0. The van der Waals surface area contributed by atoms with Crippen LogP contribution in [0.25, 0.3) is 10.8 Å². The highest BCUT2D eigenvalue weighted by Crippen LogP contribution is 2.25. The highest BCUT2D eigenvalue weighted by molar-refractivity contribution is 9.10. The van der Waals surface area contributed by atoms with Crippen molar-refractivity contribution in [3.8, 4) is 0 Å². The molecule has 0 saturated carbocycles. The van der Waals surface area contributed by atoms with Gasteiger partial charge in [0.05, 0.1) is 0 Å². The quantitative estimate of drug-likeness (QED) is 0.692. The maximum absolute atomic E-state index is 10.7. The largest absolute Gasteiger partial charge is 0.298 e. The second-order valence-corrected chi connectivity index (χ2v) is 3.65. The van der Waals surface area contributed by atoms with E-state index in [0.717, 1.165) is 27.1 Å². The minimum absolute atomic E-state index is 0.735. The molecule has 2 heteroatoms. The third kappa shape index (κ3) is 1.38. The third-order valence-corrected chi connectivity index (χ3v) is 2.72. The number of rotatable bonds is 1. The number of benzene rings is 2. The highest BCUT2D eigenvalue weighted by Gasteiger charge is 2.00. The number of aldehydes is 1. The molecule has 0 aromatic heterocycles. The van der Waals surface area contributed by atoms with Crippen LogP contribution in [0.1, 0.15) is 10.4 Å². The minimum atomic E-state index is 0.735. The zero-order valence-electron chi connectivity index (χ0n) is 6.83. The van der Waals surface area contributed by atoms with Crippen LogP contribution in [-0.2, 0) is 0 Å². The average molecular weight is 235 g/mol. The molecule has 0 bridgehead atoms. The van der Waals surface area contributed by atoms with E-state index in [1.54, 1.807) is 0 Å². The summed E-state index contributed by atoms with van der Waals surface area (Å²) in [5.74, 6) is 0. The molecule has 2 rings (SSSR count). The van der Waals surface area contributed by atoms with E-state index in [-0.39, 0.29) is 0 Å². The van der Waals surface area contributed by atoms with Crippen molar-refractivity contribution in [1.82, 2.24) is 0 Å². The number of carbonyl (C=O) groups is 1. The van der Waals surface area contributed by atoms with E-state index in [0.29, 0.717) is 0 Å². The summed E-state index contributed by atoms with van der Waals surface area (Å²) in [7, 11) is 0. The third-order valence-electron chi connectivity index (χ3n) is 2.03. The Labute approximate surface area is 84.5 Å². The lowest BCUT2D eigenvalue weighted by Crippen LogP contribution is -1.82. The molecule has 2 aromatic carbocycles. The van der Waals surface area contributed by atoms with Crippen molar-refractivity contribution in [2.45, 2.75) is 0 Å². The average Bonchev–Trinajstić information content (AvgIpc) is 2.18. The van der Waals surface area contributed by atoms with Crippen molar-refractivity contribution < 1.29 is 4.79 Å². The number of hydrogen-bond acceptors (Lipinski definition) is 1. The molecule has 0 N–H and O–H groups in total. The van der Waals surface area contributed by atoms with Crippen LogP contribution in [0.5, 0.6) is 0 Å². The SMILES string of the molecule is O=Cc1cccc2c(Br)cccc12. The van der Waals surface area contributed by atoms with Crippen molar-refractivity contribution in [1.29, 1.82) is 0 Å². The molecule has 0 atom stereocenters. The van der Waals surface area contributed by atoms with Gasteiger partial charge in [-0.2, -0.15) is 0 Å². The molecule has 64 valence electrons. The van der Waals surface area contributed by atoms with E-state index in [4.69, 9.17) is 0 Å². The zero-order valence-corrected chi connectivity index (χ0v) is 8.41. The summed E-state index contributed by atoms with van der Waals surface area (Å²) in [6.45, 7) is 0. The lowest BCUT2D eigenvalue weighted by Gasteiger charge is -2.01. The Morgan fingerprint density at radius 3 is 2.46 bits per heavy atom. The van der Waals surface area contributed by atoms with Gasteiger partial charge in [0.1, 0.15) is 0 Å². The van der Waals surface area contributed by atoms with Crippen molar-refractivity contribution in [2.24, 2.45) is 0 Å². The van der Waals surface area contributed by atoms with Crippen molar-refractivity contribution >= 4 is 33.0 Å². The number of fused-ring (bicyclic) bond motifs is 1. The molecule has 2 aromatic rings. The van der Waals surface area contributed by atoms with Crippen LogP contribution in [-0.4, -0.2) is 6.29 Å². The molecule has 0 amide bonds. The summed E-state index contributed by atoms with van der Waals surface area (Å²) >= 11 is 3.44. The van der Waals surface area contributed by atoms with Gasteiger partial charge < -0.3 is 0 Å². The molecule has 0 spiro atoms. The van der Waals surface area contributed by atoms with E-state index in [2.05, 4.69) is 15.9 Å². The molecular formula is C11H7BrO. The molecule has 13 heavy (non-hydrogen) atoms. The Morgan fingerprint density at radius 1 is 1.00 bits per heavy atom. The molecular weight excluding hydrogens is 228 g/mol. The first-order chi connectivity index (χ1) is 6.33. The normalized spacial score (nSPS) is 10.2. The Kier molecular flexibility index (Phi) is 2.15. The molecule has 0 radical (unpaired) electrons. The number of halogens is 1. The molecule has 0 aliphatic heterocycles. The zero-order chi connectivity index (χ0) is 9.26. The van der Waals surface area contributed by atoms with Gasteiger partial charge in [-0.05, 0) is 16.8 Å². The fourth-order valence-electron chi connectivity index (χ4n) is 1.40. The van der Waals surface area contributed by atoms with Gasteiger partial charge >= 0.3 is 0 Å². The van der Waals surface area contributed by atoms with Gasteiger partial charge in [-0.25, -0.2) is 0 Å². The molecule has 0 fully saturated rings. The van der Waals surface area contributed by atoms with Gasteiger partial charge in [0, 0.05) is 10.0 Å². The van der Waals surface area contributed by atoms with Crippen LogP contribution in [0.4, 0.5) is 0 Å². The number of carbonyl (C=O) groups excluding carboxylic acids is 1. The van der Waals surface area contributed by atoms with Gasteiger partial charge in [0.2, 0.25) is 0 Å². The standard InChI is InChI=1S/C11H7BrO/c12-11-6-2-4-9-8(7-13)3-1-5-10(9)11/h1-7H. The van der Waals surface area contributed by atoms with E-state index in [9.17, 15) is 4.79 Å². The molecule has 0 unspecified atom stereocenters. The van der Waals surface area contributed by atoms with Crippen LogP contribution in [0.15, 0.2) is 40.9 Å². The van der Waals surface area contributed by atoms with Crippen LogP contribution < -0.4 is 0 Å². The van der Waals surface area contributed by atoms with Gasteiger partial charge in [0.15, 0.2) is 6.29 Å². The molecule has 0 aliphatic rings. The summed E-state index contributed by atoms with van der Waals surface area (Å²) < 4.78 is 1.02. The van der Waals surface area contributed by atoms with Crippen molar-refractivity contribution in [2.75, 3.05) is 0 Å². The monoisotopic (exact) mass is 234 g/mol. The van der Waals surface area contributed by atoms with Crippen LogP contribution >= 0.6 is 15.9 Å². The van der Waals surface area contributed by atoms with E-state index < -0.39 is 0 Å². The maximum atomic E-state index is 10.7. The van der Waals surface area contributed by atoms with E-state index in [1.807, 2.05) is 36.4 Å². The summed E-state index contributed by atoms with van der Waals surface area (Å²) in [6.07, 6.45) is 0.884. The first kappa shape index (κ1) is 8.45. The Bertz CT molecular complexity index is 463. The van der Waals surface area contributed by atoms with E-state index >= 15 is 0 Å². The summed E-state index contributed by atoms with van der Waals surface area (Å²) in [5.41, 5.74) is 0.735. The Balaban J connectivity index is 2.92. The van der Waals surface area contributed by atoms with Crippen LogP contribution in [0.3, 0.4) is 0 Å². The van der Waals surface area contributed by atoms with E-state index in [1.165, 1.54) is 0 Å². The molecule has 1 nitrogen and oxygen atoms in total. The maximum Gasteiger partial charge on any atom is 0.150 e. The van der Waals surface area contributed by atoms with Gasteiger partial charge in [-0.3, -0.25) is 4.79 Å². The first-order valence-electron chi connectivity index (χ1n) is 3.95. The summed E-state index contributed by atoms with van der Waals surface area (Å²) in [5, 5.41) is 2.07. The van der Waals surface area contributed by atoms with Gasteiger partial charge in [-0.15, -0.1) is 0 Å². The second kappa shape index (κ2) is 3.30. The molecule has 0 saturated heterocycles. The molecule has 0 heterocycles. The Hall–Kier alpha value is -1.15. The predicted molar refractivity (Wildman–Crippen MR) is 57.0 cm³/mol. The van der Waals surface area contributed by atoms with Gasteiger partial charge in [0.25, 0.3) is 0 Å². The summed E-state index contributed by atoms with van der Waals surface area (Å²) in [6, 6.07) is 11.5.